The maximum atomic E-state index is 11.4. The second kappa shape index (κ2) is 5.82. The van der Waals surface area contributed by atoms with E-state index in [2.05, 4.69) is 10.1 Å². The monoisotopic (exact) mass is 311 g/mol. The Labute approximate surface area is 123 Å². The van der Waals surface area contributed by atoms with Gasteiger partial charge in [-0.25, -0.2) is 13.6 Å². The molecule has 0 saturated heterocycles. The summed E-state index contributed by atoms with van der Waals surface area (Å²) in [5, 5.41) is 8.88. The first kappa shape index (κ1) is 15.5. The third kappa shape index (κ3) is 3.79. The van der Waals surface area contributed by atoms with E-state index in [4.69, 9.17) is 14.4 Å². The largest absolute Gasteiger partial charge is 0.485 e. The van der Waals surface area contributed by atoms with Gasteiger partial charge >= 0.3 is 0 Å². The Balaban J connectivity index is 2.26. The van der Waals surface area contributed by atoms with Gasteiger partial charge < -0.3 is 9.26 Å². The Hall–Kier alpha value is -1.93. The fourth-order valence-corrected chi connectivity index (χ4v) is 2.38. The van der Waals surface area contributed by atoms with E-state index in [-0.39, 0.29) is 17.4 Å². The standard InChI is InChI=1S/C13H17N3O4S/c1-8(2)11-6-10(21(14,17)18)4-5-12(11)19-7-13-15-9(3)20-16-13/h4-6,8H,7H2,1-3H3,(H2,14,17,18). The van der Waals surface area contributed by atoms with E-state index in [1.165, 1.54) is 12.1 Å². The SMILES string of the molecule is Cc1nc(COc2ccc(S(N)(=O)=O)cc2C(C)C)no1. The Kier molecular flexibility index (Phi) is 4.29. The summed E-state index contributed by atoms with van der Waals surface area (Å²) in [6.07, 6.45) is 0. The molecule has 2 N–H and O–H groups in total. The number of sulfonamides is 1. The molecule has 1 aromatic carbocycles. The summed E-state index contributed by atoms with van der Waals surface area (Å²) in [5.74, 6) is 1.54. The van der Waals surface area contributed by atoms with Gasteiger partial charge in [0.05, 0.1) is 4.90 Å². The lowest BCUT2D eigenvalue weighted by molar-refractivity contribution is 0.282. The minimum Gasteiger partial charge on any atom is -0.485 e. The molecule has 1 heterocycles. The molecule has 0 radical (unpaired) electrons. The quantitative estimate of drug-likeness (QED) is 0.900. The van der Waals surface area contributed by atoms with Gasteiger partial charge in [-0.1, -0.05) is 19.0 Å². The van der Waals surface area contributed by atoms with Crippen LogP contribution in [0.25, 0.3) is 0 Å². The van der Waals surface area contributed by atoms with Crippen LogP contribution in [0.1, 0.15) is 37.0 Å². The van der Waals surface area contributed by atoms with Crippen molar-refractivity contribution in [2.24, 2.45) is 5.14 Å². The maximum absolute atomic E-state index is 11.4. The fourth-order valence-electron chi connectivity index (χ4n) is 1.83. The van der Waals surface area contributed by atoms with E-state index in [9.17, 15) is 8.42 Å². The van der Waals surface area contributed by atoms with Gasteiger partial charge in [0.25, 0.3) is 0 Å². The number of benzene rings is 1. The van der Waals surface area contributed by atoms with Gasteiger partial charge in [-0.3, -0.25) is 0 Å². The van der Waals surface area contributed by atoms with E-state index in [1.807, 2.05) is 13.8 Å². The Bertz CT molecular complexity index is 738. The zero-order valence-electron chi connectivity index (χ0n) is 12.0. The van der Waals surface area contributed by atoms with Crippen LogP contribution in [0.3, 0.4) is 0 Å². The van der Waals surface area contributed by atoms with Crippen molar-refractivity contribution in [3.63, 3.8) is 0 Å². The van der Waals surface area contributed by atoms with Crippen molar-refractivity contribution in [3.8, 4) is 5.75 Å². The van der Waals surface area contributed by atoms with E-state index in [0.717, 1.165) is 5.56 Å². The van der Waals surface area contributed by atoms with Gasteiger partial charge in [0.1, 0.15) is 5.75 Å². The molecule has 2 aromatic rings. The summed E-state index contributed by atoms with van der Waals surface area (Å²) >= 11 is 0. The van der Waals surface area contributed by atoms with Crippen LogP contribution >= 0.6 is 0 Å². The third-order valence-electron chi connectivity index (χ3n) is 2.86. The predicted molar refractivity (Wildman–Crippen MR) is 75.3 cm³/mol. The molecule has 0 atom stereocenters. The second-order valence-electron chi connectivity index (χ2n) is 4.92. The highest BCUT2D eigenvalue weighted by Crippen LogP contribution is 2.29. The minimum absolute atomic E-state index is 0.0638. The van der Waals surface area contributed by atoms with Crippen molar-refractivity contribution in [1.82, 2.24) is 10.1 Å². The number of rotatable bonds is 5. The van der Waals surface area contributed by atoms with Crippen molar-refractivity contribution >= 4 is 10.0 Å². The van der Waals surface area contributed by atoms with Crippen molar-refractivity contribution < 1.29 is 17.7 Å². The average molecular weight is 311 g/mol. The van der Waals surface area contributed by atoms with Crippen LogP contribution < -0.4 is 9.88 Å². The zero-order chi connectivity index (χ0) is 15.6. The molecule has 8 heteroatoms. The summed E-state index contributed by atoms with van der Waals surface area (Å²) in [5.41, 5.74) is 0.752. The number of primary sulfonamides is 1. The van der Waals surface area contributed by atoms with E-state index >= 15 is 0 Å². The maximum Gasteiger partial charge on any atom is 0.238 e. The Morgan fingerprint density at radius 2 is 2.10 bits per heavy atom. The van der Waals surface area contributed by atoms with Crippen molar-refractivity contribution in [3.05, 3.63) is 35.5 Å². The number of nitrogens with zero attached hydrogens (tertiary/aromatic N) is 2. The van der Waals surface area contributed by atoms with Crippen LogP contribution in [0.15, 0.2) is 27.6 Å². The lowest BCUT2D eigenvalue weighted by Crippen LogP contribution is -2.13. The molecule has 114 valence electrons. The summed E-state index contributed by atoms with van der Waals surface area (Å²) in [6.45, 7) is 5.71. The molecule has 7 nitrogen and oxygen atoms in total. The number of hydrogen-bond acceptors (Lipinski definition) is 6. The molecule has 0 spiro atoms. The molecule has 0 bridgehead atoms. The molecule has 21 heavy (non-hydrogen) atoms. The smallest absolute Gasteiger partial charge is 0.238 e. The zero-order valence-corrected chi connectivity index (χ0v) is 12.8. The van der Waals surface area contributed by atoms with Gasteiger partial charge in [0.2, 0.25) is 21.7 Å². The lowest BCUT2D eigenvalue weighted by Gasteiger charge is -2.14. The van der Waals surface area contributed by atoms with E-state index in [0.29, 0.717) is 17.5 Å². The first-order valence-corrected chi connectivity index (χ1v) is 7.90. The topological polar surface area (TPSA) is 108 Å². The third-order valence-corrected chi connectivity index (χ3v) is 3.77. The average Bonchev–Trinajstić information content (AvgIpc) is 2.80. The Morgan fingerprint density at radius 1 is 1.38 bits per heavy atom. The van der Waals surface area contributed by atoms with Gasteiger partial charge in [0.15, 0.2) is 6.61 Å². The van der Waals surface area contributed by atoms with Crippen LogP contribution in [-0.4, -0.2) is 18.6 Å². The molecular weight excluding hydrogens is 294 g/mol. The van der Waals surface area contributed by atoms with Crippen molar-refractivity contribution in [1.29, 1.82) is 0 Å². The number of nitrogens with two attached hydrogens (primary N) is 1. The number of aromatic nitrogens is 2. The molecule has 0 amide bonds. The van der Waals surface area contributed by atoms with E-state index in [1.54, 1.807) is 13.0 Å². The van der Waals surface area contributed by atoms with Gasteiger partial charge in [-0.05, 0) is 29.7 Å². The van der Waals surface area contributed by atoms with Crippen molar-refractivity contribution in [2.75, 3.05) is 0 Å². The fraction of sp³-hybridized carbons (Fsp3) is 0.385. The summed E-state index contributed by atoms with van der Waals surface area (Å²) in [6, 6.07) is 4.52. The first-order valence-electron chi connectivity index (χ1n) is 6.36. The van der Waals surface area contributed by atoms with Gasteiger partial charge in [0, 0.05) is 6.92 Å². The molecule has 0 aliphatic heterocycles. The van der Waals surface area contributed by atoms with Crippen LogP contribution in [-0.2, 0) is 16.6 Å². The number of hydrogen-bond donors (Lipinski definition) is 1. The number of aryl methyl sites for hydroxylation is 1. The Morgan fingerprint density at radius 3 is 2.62 bits per heavy atom. The number of ether oxygens (including phenoxy) is 1. The van der Waals surface area contributed by atoms with Gasteiger partial charge in [-0.15, -0.1) is 0 Å². The molecule has 0 aliphatic carbocycles. The first-order chi connectivity index (χ1) is 9.77. The van der Waals surface area contributed by atoms with Crippen LogP contribution in [0, 0.1) is 6.92 Å². The molecule has 0 saturated carbocycles. The molecule has 0 unspecified atom stereocenters. The lowest BCUT2D eigenvalue weighted by atomic mass is 10.0. The van der Waals surface area contributed by atoms with Crippen LogP contribution in [0.4, 0.5) is 0 Å². The summed E-state index contributed by atoms with van der Waals surface area (Å²) in [4.78, 5) is 4.10. The highest BCUT2D eigenvalue weighted by molar-refractivity contribution is 7.89. The highest BCUT2D eigenvalue weighted by Gasteiger charge is 2.15. The van der Waals surface area contributed by atoms with E-state index < -0.39 is 10.0 Å². The molecule has 0 fully saturated rings. The second-order valence-corrected chi connectivity index (χ2v) is 6.48. The minimum atomic E-state index is -3.73. The summed E-state index contributed by atoms with van der Waals surface area (Å²) in [7, 11) is -3.73. The normalized spacial score (nSPS) is 11.9. The predicted octanol–water partition coefficient (Wildman–Crippen LogP) is 1.73. The molecule has 2 rings (SSSR count). The van der Waals surface area contributed by atoms with Crippen molar-refractivity contribution in [2.45, 2.75) is 38.2 Å². The summed E-state index contributed by atoms with van der Waals surface area (Å²) < 4.78 is 33.3. The van der Waals surface area contributed by atoms with Crippen LogP contribution in [0.2, 0.25) is 0 Å². The van der Waals surface area contributed by atoms with Crippen LogP contribution in [0.5, 0.6) is 5.75 Å². The molecule has 0 aliphatic rings. The van der Waals surface area contributed by atoms with Gasteiger partial charge in [-0.2, -0.15) is 4.98 Å². The molecule has 1 aromatic heterocycles. The highest BCUT2D eigenvalue weighted by atomic mass is 32.2. The molecular formula is C13H17N3O4S.